The first-order valence-corrected chi connectivity index (χ1v) is 21.6. The van der Waals surface area contributed by atoms with Crippen molar-refractivity contribution in [3.8, 4) is 44.5 Å². The smallest absolute Gasteiger partial charge is 0.0644 e. The van der Waals surface area contributed by atoms with Crippen LogP contribution in [0.15, 0.2) is 255 Å². The van der Waals surface area contributed by atoms with Gasteiger partial charge in [-0.3, -0.25) is 9.97 Å². The minimum Gasteiger partial charge on any atom is -0.309 e. The Morgan fingerprint density at radius 3 is 0.859 bits per heavy atom. The van der Waals surface area contributed by atoms with E-state index in [2.05, 4.69) is 226 Å². The standard InChI is InChI=1S/C60H42N4/c1-3-9-43(10-4-1)45-19-27-55(28-20-45)63(59-13-7-35-61-41-59)57-31-23-47(24-32-57)49-15-17-51-40-54-38-50(16-18-52(54)39-53(51)37-49)48-25-33-58(34-26-48)64(60-14-8-36-62-42-60)56-29-21-46(22-30-56)44-11-5-2-6-12-44/h1-42H. The number of fused-ring (bicyclic) bond motifs is 2. The van der Waals surface area contributed by atoms with Crippen molar-refractivity contribution < 1.29 is 0 Å². The minimum atomic E-state index is 1.01. The molecule has 0 spiro atoms. The third kappa shape index (κ3) is 7.77. The molecule has 0 amide bonds. The number of hydrogen-bond donors (Lipinski definition) is 0. The lowest BCUT2D eigenvalue weighted by Crippen LogP contribution is -2.10. The molecule has 4 nitrogen and oxygen atoms in total. The molecule has 302 valence electrons. The van der Waals surface area contributed by atoms with Gasteiger partial charge < -0.3 is 9.80 Å². The predicted molar refractivity (Wildman–Crippen MR) is 268 cm³/mol. The summed E-state index contributed by atoms with van der Waals surface area (Å²) in [5, 5.41) is 4.86. The fourth-order valence-electron chi connectivity index (χ4n) is 8.70. The van der Waals surface area contributed by atoms with Crippen LogP contribution in [0.4, 0.5) is 34.1 Å². The van der Waals surface area contributed by atoms with Gasteiger partial charge in [-0.2, -0.15) is 0 Å². The third-order valence-corrected chi connectivity index (χ3v) is 12.0. The molecule has 4 heteroatoms. The maximum atomic E-state index is 4.45. The second kappa shape index (κ2) is 17.0. The Labute approximate surface area is 373 Å². The van der Waals surface area contributed by atoms with Crippen molar-refractivity contribution in [1.82, 2.24) is 9.97 Å². The van der Waals surface area contributed by atoms with E-state index in [0.717, 1.165) is 34.1 Å². The summed E-state index contributed by atoms with van der Waals surface area (Å²) < 4.78 is 0. The zero-order valence-corrected chi connectivity index (χ0v) is 35.0. The van der Waals surface area contributed by atoms with E-state index in [4.69, 9.17) is 0 Å². The van der Waals surface area contributed by atoms with Gasteiger partial charge in [0.2, 0.25) is 0 Å². The molecular formula is C60H42N4. The molecule has 0 N–H and O–H groups in total. The molecule has 0 atom stereocenters. The largest absolute Gasteiger partial charge is 0.309 e. The van der Waals surface area contributed by atoms with Gasteiger partial charge in [-0.25, -0.2) is 0 Å². The molecule has 0 fully saturated rings. The van der Waals surface area contributed by atoms with Gasteiger partial charge in [-0.1, -0.05) is 133 Å². The highest BCUT2D eigenvalue weighted by Crippen LogP contribution is 2.39. The number of hydrogen-bond acceptors (Lipinski definition) is 4. The molecule has 0 aliphatic heterocycles. The summed E-state index contributed by atoms with van der Waals surface area (Å²) in [6.45, 7) is 0. The van der Waals surface area contributed by atoms with Gasteiger partial charge in [-0.05, 0) is 163 Å². The van der Waals surface area contributed by atoms with Crippen molar-refractivity contribution in [2.75, 3.05) is 9.80 Å². The first kappa shape index (κ1) is 38.3. The first-order chi connectivity index (χ1) is 31.7. The summed E-state index contributed by atoms with van der Waals surface area (Å²) >= 11 is 0. The average molecular weight is 819 g/mol. The van der Waals surface area contributed by atoms with E-state index < -0.39 is 0 Å². The van der Waals surface area contributed by atoms with Crippen LogP contribution < -0.4 is 9.80 Å². The van der Waals surface area contributed by atoms with E-state index in [1.807, 2.05) is 49.1 Å². The molecule has 2 heterocycles. The molecule has 0 bridgehead atoms. The lowest BCUT2D eigenvalue weighted by atomic mass is 9.96. The van der Waals surface area contributed by atoms with E-state index in [0.29, 0.717) is 0 Å². The maximum absolute atomic E-state index is 4.45. The zero-order chi connectivity index (χ0) is 42.7. The zero-order valence-electron chi connectivity index (χ0n) is 35.0. The Bertz CT molecular complexity index is 3090. The van der Waals surface area contributed by atoms with E-state index in [1.54, 1.807) is 0 Å². The van der Waals surface area contributed by atoms with E-state index in [1.165, 1.54) is 66.1 Å². The Balaban J connectivity index is 0.848. The quantitative estimate of drug-likeness (QED) is 0.129. The molecule has 2 aromatic heterocycles. The molecule has 0 saturated carbocycles. The molecule has 9 aromatic carbocycles. The van der Waals surface area contributed by atoms with Gasteiger partial charge in [0.05, 0.1) is 23.8 Å². The van der Waals surface area contributed by atoms with Crippen LogP contribution in [0.2, 0.25) is 0 Å². The van der Waals surface area contributed by atoms with Crippen molar-refractivity contribution in [3.63, 3.8) is 0 Å². The van der Waals surface area contributed by atoms with E-state index in [-0.39, 0.29) is 0 Å². The maximum Gasteiger partial charge on any atom is 0.0644 e. The third-order valence-electron chi connectivity index (χ3n) is 12.0. The van der Waals surface area contributed by atoms with Crippen LogP contribution in [-0.2, 0) is 0 Å². The highest BCUT2D eigenvalue weighted by Gasteiger charge is 2.16. The summed E-state index contributed by atoms with van der Waals surface area (Å²) in [6.07, 6.45) is 7.46. The Hall–Kier alpha value is -8.60. The predicted octanol–water partition coefficient (Wildman–Crippen LogP) is 16.4. The van der Waals surface area contributed by atoms with Crippen LogP contribution in [0.1, 0.15) is 0 Å². The summed E-state index contributed by atoms with van der Waals surface area (Å²) in [5.41, 5.74) is 15.8. The lowest BCUT2D eigenvalue weighted by Gasteiger charge is -2.25. The summed E-state index contributed by atoms with van der Waals surface area (Å²) in [4.78, 5) is 13.4. The van der Waals surface area contributed by atoms with Crippen LogP contribution in [-0.4, -0.2) is 9.97 Å². The summed E-state index contributed by atoms with van der Waals surface area (Å²) in [7, 11) is 0. The molecule has 64 heavy (non-hydrogen) atoms. The van der Waals surface area contributed by atoms with Crippen molar-refractivity contribution in [3.05, 3.63) is 255 Å². The highest BCUT2D eigenvalue weighted by molar-refractivity contribution is 6.01. The van der Waals surface area contributed by atoms with Crippen molar-refractivity contribution in [2.24, 2.45) is 0 Å². The lowest BCUT2D eigenvalue weighted by molar-refractivity contribution is 1.23. The molecule has 0 radical (unpaired) electrons. The first-order valence-electron chi connectivity index (χ1n) is 21.6. The fourth-order valence-corrected chi connectivity index (χ4v) is 8.70. The second-order valence-corrected chi connectivity index (χ2v) is 16.0. The molecule has 0 aliphatic carbocycles. The number of rotatable bonds is 10. The van der Waals surface area contributed by atoms with Crippen molar-refractivity contribution in [1.29, 1.82) is 0 Å². The SMILES string of the molecule is c1ccc(-c2ccc(N(c3ccc(-c4ccc5cc6cc(-c7ccc(N(c8ccc(-c9ccccc9)cc8)c8cccnc8)cc7)ccc6cc5c4)cc3)c3cccnc3)cc2)cc1. The normalized spacial score (nSPS) is 11.1. The van der Waals surface area contributed by atoms with Crippen LogP contribution in [0, 0.1) is 0 Å². The van der Waals surface area contributed by atoms with Gasteiger partial charge in [-0.15, -0.1) is 0 Å². The summed E-state index contributed by atoms with van der Waals surface area (Å²) in [6, 6.07) is 82.5. The Morgan fingerprint density at radius 1 is 0.219 bits per heavy atom. The Kier molecular flexibility index (Phi) is 10.2. The van der Waals surface area contributed by atoms with Crippen molar-refractivity contribution in [2.45, 2.75) is 0 Å². The van der Waals surface area contributed by atoms with E-state index >= 15 is 0 Å². The van der Waals surface area contributed by atoms with Crippen LogP contribution in [0.5, 0.6) is 0 Å². The molecule has 0 unspecified atom stereocenters. The molecule has 0 aliphatic rings. The van der Waals surface area contributed by atoms with Crippen LogP contribution in [0.3, 0.4) is 0 Å². The molecule has 11 aromatic rings. The molecular weight excluding hydrogens is 777 g/mol. The number of pyridine rings is 2. The molecule has 11 rings (SSSR count). The molecule has 0 saturated heterocycles. The monoisotopic (exact) mass is 818 g/mol. The van der Waals surface area contributed by atoms with Crippen molar-refractivity contribution >= 4 is 55.7 Å². The minimum absolute atomic E-state index is 1.01. The highest BCUT2D eigenvalue weighted by atomic mass is 15.2. The topological polar surface area (TPSA) is 32.3 Å². The second-order valence-electron chi connectivity index (χ2n) is 16.0. The van der Waals surface area contributed by atoms with E-state index in [9.17, 15) is 0 Å². The van der Waals surface area contributed by atoms with Crippen LogP contribution >= 0.6 is 0 Å². The number of anilines is 6. The number of benzene rings is 9. The number of nitrogens with zero attached hydrogens (tertiary/aromatic N) is 4. The van der Waals surface area contributed by atoms with Gasteiger partial charge in [0.25, 0.3) is 0 Å². The summed E-state index contributed by atoms with van der Waals surface area (Å²) in [5.74, 6) is 0. The average Bonchev–Trinajstić information content (AvgIpc) is 3.38. The van der Waals surface area contributed by atoms with Gasteiger partial charge in [0.1, 0.15) is 0 Å². The fraction of sp³-hybridized carbons (Fsp3) is 0. The van der Waals surface area contributed by atoms with Crippen LogP contribution in [0.25, 0.3) is 66.1 Å². The van der Waals surface area contributed by atoms with Gasteiger partial charge in [0.15, 0.2) is 0 Å². The Morgan fingerprint density at radius 2 is 0.531 bits per heavy atom. The number of aromatic nitrogens is 2. The van der Waals surface area contributed by atoms with Gasteiger partial charge >= 0.3 is 0 Å². The van der Waals surface area contributed by atoms with Gasteiger partial charge in [0, 0.05) is 35.1 Å².